The van der Waals surface area contributed by atoms with Gasteiger partial charge in [-0.05, 0) is 31.4 Å². The van der Waals surface area contributed by atoms with E-state index in [1.807, 2.05) is 36.0 Å². The maximum atomic E-state index is 12.0. The van der Waals surface area contributed by atoms with Crippen molar-refractivity contribution in [2.24, 2.45) is 0 Å². The molecule has 0 saturated carbocycles. The summed E-state index contributed by atoms with van der Waals surface area (Å²) in [4.78, 5) is 20.5. The number of nitrogens with zero attached hydrogens (tertiary/aromatic N) is 5. The first-order valence-corrected chi connectivity index (χ1v) is 9.64. The van der Waals surface area contributed by atoms with Crippen LogP contribution in [0.4, 0.5) is 11.6 Å². The number of carbonyl (C=O) groups is 1. The zero-order valence-corrected chi connectivity index (χ0v) is 16.3. The molecule has 1 amide bonds. The predicted molar refractivity (Wildman–Crippen MR) is 103 cm³/mol. The number of ether oxygens (including phenoxy) is 1. The van der Waals surface area contributed by atoms with E-state index in [9.17, 15) is 4.79 Å². The van der Waals surface area contributed by atoms with Gasteiger partial charge >= 0.3 is 0 Å². The van der Waals surface area contributed by atoms with E-state index in [0.717, 1.165) is 61.8 Å². The highest BCUT2D eigenvalue weighted by Crippen LogP contribution is 2.35. The molecule has 1 saturated heterocycles. The number of aryl methyl sites for hydroxylation is 1. The number of hydrogen-bond acceptors (Lipinski definition) is 5. The first-order chi connectivity index (χ1) is 13.0. The van der Waals surface area contributed by atoms with Crippen molar-refractivity contribution in [3.05, 3.63) is 35.2 Å². The number of pyridine rings is 1. The zero-order chi connectivity index (χ0) is 19.0. The smallest absolute Gasteiger partial charge is 0.219 e. The first-order valence-electron chi connectivity index (χ1n) is 9.64. The first kappa shape index (κ1) is 18.0. The van der Waals surface area contributed by atoms with Gasteiger partial charge in [0.2, 0.25) is 5.91 Å². The fraction of sp³-hybridized carbons (Fsp3) is 0.550. The highest BCUT2D eigenvalue weighted by Gasteiger charge is 2.31. The minimum absolute atomic E-state index is 0.113. The van der Waals surface area contributed by atoms with E-state index in [4.69, 9.17) is 9.84 Å². The second kappa shape index (κ2) is 7.31. The molecule has 0 spiro atoms. The molecule has 1 fully saturated rings. The Balaban J connectivity index is 1.74. The molecule has 2 aliphatic rings. The number of hydrogen-bond donors (Lipinski definition) is 0. The van der Waals surface area contributed by atoms with Crippen LogP contribution in [-0.4, -0.2) is 52.4 Å². The van der Waals surface area contributed by atoms with Crippen molar-refractivity contribution >= 4 is 17.5 Å². The van der Waals surface area contributed by atoms with Gasteiger partial charge in [0.25, 0.3) is 0 Å². The Hall–Kier alpha value is -2.41. The van der Waals surface area contributed by atoms with Crippen LogP contribution in [0.25, 0.3) is 0 Å². The van der Waals surface area contributed by atoms with Gasteiger partial charge in [0.15, 0.2) is 5.82 Å². The lowest BCUT2D eigenvalue weighted by atomic mass is 10.0. The van der Waals surface area contributed by atoms with Crippen LogP contribution in [0, 0.1) is 6.92 Å². The summed E-state index contributed by atoms with van der Waals surface area (Å²) in [5, 5.41) is 5.02. The molecule has 0 atom stereocenters. The summed E-state index contributed by atoms with van der Waals surface area (Å²) in [6.45, 7) is 6.60. The van der Waals surface area contributed by atoms with Gasteiger partial charge in [0, 0.05) is 57.6 Å². The van der Waals surface area contributed by atoms with Crippen LogP contribution in [-0.2, 0) is 22.5 Å². The Morgan fingerprint density at radius 1 is 1.30 bits per heavy atom. The summed E-state index contributed by atoms with van der Waals surface area (Å²) < 4.78 is 7.74. The maximum absolute atomic E-state index is 12.0. The standard InChI is InChI=1S/C20H27N5O2/c1-14-4-5-19(21-12-14)23(3)20-17-13-24(15(2)26)9-6-18(17)25(22-20)16-7-10-27-11-8-16/h4-5,12,16H,6-11,13H2,1-3H3. The number of fused-ring (bicyclic) bond motifs is 1. The third kappa shape index (κ3) is 3.43. The van der Waals surface area contributed by atoms with E-state index in [-0.39, 0.29) is 5.91 Å². The minimum atomic E-state index is 0.113. The van der Waals surface area contributed by atoms with Crippen LogP contribution in [0.1, 0.15) is 42.6 Å². The summed E-state index contributed by atoms with van der Waals surface area (Å²) in [5.41, 5.74) is 3.53. The van der Waals surface area contributed by atoms with Gasteiger partial charge in [-0.3, -0.25) is 9.48 Å². The Morgan fingerprint density at radius 3 is 2.74 bits per heavy atom. The third-order valence-electron chi connectivity index (χ3n) is 5.60. The number of rotatable bonds is 3. The number of anilines is 2. The molecule has 0 unspecified atom stereocenters. The van der Waals surface area contributed by atoms with Crippen LogP contribution in [0.15, 0.2) is 18.3 Å². The van der Waals surface area contributed by atoms with Gasteiger partial charge in [-0.2, -0.15) is 5.10 Å². The van der Waals surface area contributed by atoms with Gasteiger partial charge in [0.1, 0.15) is 5.82 Å². The van der Waals surface area contributed by atoms with Crippen LogP contribution in [0.2, 0.25) is 0 Å². The molecule has 2 aromatic rings. The largest absolute Gasteiger partial charge is 0.381 e. The Bertz CT molecular complexity index is 824. The molecule has 0 aliphatic carbocycles. The SMILES string of the molecule is CC(=O)N1CCc2c(c(N(C)c3ccc(C)cn3)nn2C2CCOCC2)C1. The summed E-state index contributed by atoms with van der Waals surface area (Å²) in [7, 11) is 2.00. The van der Waals surface area contributed by atoms with Gasteiger partial charge in [0.05, 0.1) is 12.6 Å². The Labute approximate surface area is 159 Å². The highest BCUT2D eigenvalue weighted by molar-refractivity contribution is 5.74. The summed E-state index contributed by atoms with van der Waals surface area (Å²) in [6.07, 6.45) is 4.68. The van der Waals surface area contributed by atoms with Gasteiger partial charge in [-0.1, -0.05) is 6.07 Å². The molecule has 144 valence electrons. The van der Waals surface area contributed by atoms with Gasteiger partial charge in [-0.25, -0.2) is 4.98 Å². The molecule has 7 heteroatoms. The summed E-state index contributed by atoms with van der Waals surface area (Å²) in [5.74, 6) is 1.88. The topological polar surface area (TPSA) is 63.5 Å². The minimum Gasteiger partial charge on any atom is -0.381 e. The maximum Gasteiger partial charge on any atom is 0.219 e. The number of carbonyl (C=O) groups excluding carboxylic acids is 1. The third-order valence-corrected chi connectivity index (χ3v) is 5.60. The lowest BCUT2D eigenvalue weighted by Crippen LogP contribution is -2.35. The van der Waals surface area contributed by atoms with Gasteiger partial charge < -0.3 is 14.5 Å². The van der Waals surface area contributed by atoms with E-state index >= 15 is 0 Å². The molecule has 4 heterocycles. The predicted octanol–water partition coefficient (Wildman–Crippen LogP) is 2.61. The second-order valence-electron chi connectivity index (χ2n) is 7.48. The van der Waals surface area contributed by atoms with Crippen molar-refractivity contribution in [1.82, 2.24) is 19.7 Å². The average molecular weight is 369 g/mol. The highest BCUT2D eigenvalue weighted by atomic mass is 16.5. The molecule has 7 nitrogen and oxygen atoms in total. The van der Waals surface area contributed by atoms with Crippen LogP contribution < -0.4 is 4.90 Å². The lowest BCUT2D eigenvalue weighted by Gasteiger charge is -2.29. The molecule has 0 N–H and O–H groups in total. The quantitative estimate of drug-likeness (QED) is 0.832. The normalized spacial score (nSPS) is 17.7. The number of amides is 1. The van der Waals surface area contributed by atoms with Gasteiger partial charge in [-0.15, -0.1) is 0 Å². The van der Waals surface area contributed by atoms with Crippen molar-refractivity contribution in [2.45, 2.75) is 45.7 Å². The molecule has 0 bridgehead atoms. The van der Waals surface area contributed by atoms with Crippen molar-refractivity contribution in [3.8, 4) is 0 Å². The van der Waals surface area contributed by atoms with Crippen LogP contribution in [0.5, 0.6) is 0 Å². The molecular weight excluding hydrogens is 342 g/mol. The van der Waals surface area contributed by atoms with E-state index < -0.39 is 0 Å². The molecule has 27 heavy (non-hydrogen) atoms. The molecule has 0 aromatic carbocycles. The van der Waals surface area contributed by atoms with Crippen LogP contribution >= 0.6 is 0 Å². The fourth-order valence-electron chi connectivity index (χ4n) is 3.97. The van der Waals surface area contributed by atoms with Crippen molar-refractivity contribution in [1.29, 1.82) is 0 Å². The van der Waals surface area contributed by atoms with Crippen molar-refractivity contribution < 1.29 is 9.53 Å². The Kier molecular flexibility index (Phi) is 4.86. The summed E-state index contributed by atoms with van der Waals surface area (Å²) in [6, 6.07) is 4.44. The van der Waals surface area contributed by atoms with Crippen molar-refractivity contribution in [3.63, 3.8) is 0 Å². The second-order valence-corrected chi connectivity index (χ2v) is 7.48. The summed E-state index contributed by atoms with van der Waals surface area (Å²) >= 11 is 0. The number of aromatic nitrogens is 3. The fourth-order valence-corrected chi connectivity index (χ4v) is 3.97. The van der Waals surface area contributed by atoms with E-state index in [2.05, 4.69) is 15.7 Å². The van der Waals surface area contributed by atoms with Crippen molar-refractivity contribution in [2.75, 3.05) is 31.7 Å². The van der Waals surface area contributed by atoms with E-state index in [1.54, 1.807) is 6.92 Å². The average Bonchev–Trinajstić information content (AvgIpc) is 3.07. The molecular formula is C20H27N5O2. The van der Waals surface area contributed by atoms with E-state index in [1.165, 1.54) is 5.69 Å². The lowest BCUT2D eigenvalue weighted by molar-refractivity contribution is -0.129. The molecule has 0 radical (unpaired) electrons. The molecule has 2 aromatic heterocycles. The zero-order valence-electron chi connectivity index (χ0n) is 16.3. The van der Waals surface area contributed by atoms with E-state index in [0.29, 0.717) is 12.6 Å². The molecule has 4 rings (SSSR count). The Morgan fingerprint density at radius 2 is 2.07 bits per heavy atom. The van der Waals surface area contributed by atoms with Crippen LogP contribution in [0.3, 0.4) is 0 Å². The molecule has 2 aliphatic heterocycles. The monoisotopic (exact) mass is 369 g/mol.